The number of thiazole rings is 1. The van der Waals surface area contributed by atoms with Gasteiger partial charge in [0, 0.05) is 11.6 Å². The maximum atomic E-state index is 12.8. The average molecular weight is 223 g/mol. The zero-order chi connectivity index (χ0) is 10.7. The van der Waals surface area contributed by atoms with E-state index >= 15 is 0 Å². The topological polar surface area (TPSA) is 37.8 Å². The van der Waals surface area contributed by atoms with Crippen molar-refractivity contribution in [1.29, 1.82) is 0 Å². The molecule has 2 heterocycles. The lowest BCUT2D eigenvalue weighted by Gasteiger charge is -2.11. The Kier molecular flexibility index (Phi) is 2.91. The highest BCUT2D eigenvalue weighted by atomic mass is 32.1. The molecule has 15 heavy (non-hydrogen) atoms. The van der Waals surface area contributed by atoms with Crippen molar-refractivity contribution in [2.24, 2.45) is 0 Å². The van der Waals surface area contributed by atoms with Crippen molar-refractivity contribution in [3.63, 3.8) is 0 Å². The fourth-order valence-corrected chi connectivity index (χ4v) is 1.87. The molecule has 2 aromatic heterocycles. The third-order valence-corrected chi connectivity index (χ3v) is 2.86. The van der Waals surface area contributed by atoms with E-state index in [2.05, 4.69) is 15.3 Å². The highest BCUT2D eigenvalue weighted by Crippen LogP contribution is 2.19. The molecule has 2 aromatic rings. The van der Waals surface area contributed by atoms with Crippen LogP contribution >= 0.6 is 11.3 Å². The summed E-state index contributed by atoms with van der Waals surface area (Å²) >= 11 is 1.56. The van der Waals surface area contributed by atoms with Crippen molar-refractivity contribution in [1.82, 2.24) is 9.97 Å². The number of nitrogens with zero attached hydrogens (tertiary/aromatic N) is 2. The molecule has 0 aliphatic heterocycles. The first-order valence-electron chi connectivity index (χ1n) is 4.54. The Balaban J connectivity index is 2.09. The molecule has 0 aliphatic carbocycles. The second-order valence-electron chi connectivity index (χ2n) is 3.08. The number of nitrogens with one attached hydrogen (secondary N) is 1. The van der Waals surface area contributed by atoms with Gasteiger partial charge < -0.3 is 5.32 Å². The van der Waals surface area contributed by atoms with Crippen LogP contribution in [0.3, 0.4) is 0 Å². The lowest BCUT2D eigenvalue weighted by molar-refractivity contribution is 0.584. The van der Waals surface area contributed by atoms with E-state index in [1.165, 1.54) is 6.07 Å². The van der Waals surface area contributed by atoms with Gasteiger partial charge in [0.05, 0.1) is 6.04 Å². The molecule has 0 radical (unpaired) electrons. The maximum Gasteiger partial charge on any atom is 0.214 e. The van der Waals surface area contributed by atoms with Crippen molar-refractivity contribution < 1.29 is 4.39 Å². The quantitative estimate of drug-likeness (QED) is 0.813. The van der Waals surface area contributed by atoms with Crippen LogP contribution in [0, 0.1) is 5.95 Å². The molecule has 0 aromatic carbocycles. The molecule has 78 valence electrons. The molecule has 0 saturated heterocycles. The Morgan fingerprint density at radius 1 is 1.47 bits per heavy atom. The lowest BCUT2D eigenvalue weighted by Crippen LogP contribution is -2.07. The second kappa shape index (κ2) is 4.35. The third kappa shape index (κ3) is 2.50. The highest BCUT2D eigenvalue weighted by molar-refractivity contribution is 7.09. The van der Waals surface area contributed by atoms with Crippen LogP contribution in [-0.2, 0) is 0 Å². The third-order valence-electron chi connectivity index (χ3n) is 1.90. The van der Waals surface area contributed by atoms with Crippen LogP contribution in [0.5, 0.6) is 0 Å². The standard InChI is InChI=1S/C10H10FN3S/c1-7(10-12-5-6-15-10)13-9-4-2-3-8(11)14-9/h2-7H,1H3,(H,13,14)/t7-/m0/s1. The smallest absolute Gasteiger partial charge is 0.214 e. The molecule has 2 rings (SSSR count). The van der Waals surface area contributed by atoms with Crippen LogP contribution in [0.4, 0.5) is 10.2 Å². The van der Waals surface area contributed by atoms with Crippen LogP contribution in [0.15, 0.2) is 29.8 Å². The van der Waals surface area contributed by atoms with Gasteiger partial charge in [0.15, 0.2) is 0 Å². The minimum atomic E-state index is -0.480. The molecule has 1 atom stereocenters. The molecule has 3 nitrogen and oxygen atoms in total. The van der Waals surface area contributed by atoms with Crippen molar-refractivity contribution in [3.8, 4) is 0 Å². The monoisotopic (exact) mass is 223 g/mol. The van der Waals surface area contributed by atoms with Gasteiger partial charge in [-0.05, 0) is 19.1 Å². The molecular formula is C10H10FN3S. The Morgan fingerprint density at radius 2 is 2.33 bits per heavy atom. The maximum absolute atomic E-state index is 12.8. The number of hydrogen-bond acceptors (Lipinski definition) is 4. The Morgan fingerprint density at radius 3 is 3.00 bits per heavy atom. The summed E-state index contributed by atoms with van der Waals surface area (Å²) in [4.78, 5) is 7.89. The molecule has 0 saturated carbocycles. The van der Waals surface area contributed by atoms with Gasteiger partial charge in [0.2, 0.25) is 5.95 Å². The molecule has 0 aliphatic rings. The molecular weight excluding hydrogens is 213 g/mol. The van der Waals surface area contributed by atoms with Crippen molar-refractivity contribution in [3.05, 3.63) is 40.7 Å². The van der Waals surface area contributed by atoms with E-state index in [1.807, 2.05) is 12.3 Å². The predicted molar refractivity (Wildman–Crippen MR) is 58.3 cm³/mol. The number of anilines is 1. The first-order valence-corrected chi connectivity index (χ1v) is 5.42. The summed E-state index contributed by atoms with van der Waals surface area (Å²) in [6, 6.07) is 4.71. The zero-order valence-corrected chi connectivity index (χ0v) is 8.96. The Labute approximate surface area is 91.0 Å². The normalized spacial score (nSPS) is 12.4. The number of aromatic nitrogens is 2. The van der Waals surface area contributed by atoms with E-state index in [0.717, 1.165) is 5.01 Å². The van der Waals surface area contributed by atoms with Crippen LogP contribution in [0.25, 0.3) is 0 Å². The molecule has 5 heteroatoms. The average Bonchev–Trinajstić information content (AvgIpc) is 2.70. The van der Waals surface area contributed by atoms with E-state index < -0.39 is 5.95 Å². The van der Waals surface area contributed by atoms with Gasteiger partial charge in [-0.25, -0.2) is 9.97 Å². The van der Waals surface area contributed by atoms with E-state index in [4.69, 9.17) is 0 Å². The Bertz CT molecular complexity index is 430. The van der Waals surface area contributed by atoms with Crippen LogP contribution in [0.1, 0.15) is 18.0 Å². The summed E-state index contributed by atoms with van der Waals surface area (Å²) in [6.07, 6.45) is 1.75. The second-order valence-corrected chi connectivity index (χ2v) is 4.01. The van der Waals surface area contributed by atoms with Crippen LogP contribution in [0.2, 0.25) is 0 Å². The van der Waals surface area contributed by atoms with Gasteiger partial charge in [0.25, 0.3) is 0 Å². The minimum absolute atomic E-state index is 0.0410. The van der Waals surface area contributed by atoms with Gasteiger partial charge in [0.1, 0.15) is 10.8 Å². The van der Waals surface area contributed by atoms with E-state index in [1.54, 1.807) is 29.7 Å². The molecule has 1 N–H and O–H groups in total. The molecule has 0 unspecified atom stereocenters. The summed E-state index contributed by atoms with van der Waals surface area (Å²) in [5, 5.41) is 5.95. The summed E-state index contributed by atoms with van der Waals surface area (Å²) < 4.78 is 12.8. The number of halogens is 1. The predicted octanol–water partition coefficient (Wildman–Crippen LogP) is 2.85. The summed E-state index contributed by atoms with van der Waals surface area (Å²) in [5.41, 5.74) is 0. The highest BCUT2D eigenvalue weighted by Gasteiger charge is 2.08. The number of rotatable bonds is 3. The van der Waals surface area contributed by atoms with Gasteiger partial charge in [-0.1, -0.05) is 6.07 Å². The van der Waals surface area contributed by atoms with E-state index in [9.17, 15) is 4.39 Å². The molecule has 0 fully saturated rings. The van der Waals surface area contributed by atoms with Crippen LogP contribution in [-0.4, -0.2) is 9.97 Å². The fraction of sp³-hybridized carbons (Fsp3) is 0.200. The van der Waals surface area contributed by atoms with Gasteiger partial charge >= 0.3 is 0 Å². The van der Waals surface area contributed by atoms with Gasteiger partial charge in [-0.2, -0.15) is 4.39 Å². The van der Waals surface area contributed by atoms with E-state index in [-0.39, 0.29) is 6.04 Å². The fourth-order valence-electron chi connectivity index (χ4n) is 1.22. The largest absolute Gasteiger partial charge is 0.361 e. The van der Waals surface area contributed by atoms with Gasteiger partial charge in [-0.15, -0.1) is 11.3 Å². The number of hydrogen-bond donors (Lipinski definition) is 1. The first-order chi connectivity index (χ1) is 7.25. The molecule has 0 spiro atoms. The SMILES string of the molecule is C[C@H](Nc1cccc(F)n1)c1nccs1. The molecule has 0 bridgehead atoms. The van der Waals surface area contributed by atoms with E-state index in [0.29, 0.717) is 5.82 Å². The number of pyridine rings is 1. The summed E-state index contributed by atoms with van der Waals surface area (Å²) in [6.45, 7) is 1.96. The van der Waals surface area contributed by atoms with Crippen molar-refractivity contribution in [2.45, 2.75) is 13.0 Å². The van der Waals surface area contributed by atoms with Gasteiger partial charge in [-0.3, -0.25) is 0 Å². The Hall–Kier alpha value is -1.49. The zero-order valence-electron chi connectivity index (χ0n) is 8.14. The summed E-state index contributed by atoms with van der Waals surface area (Å²) in [5.74, 6) is 0.0454. The lowest BCUT2D eigenvalue weighted by atomic mass is 10.3. The van der Waals surface area contributed by atoms with Crippen molar-refractivity contribution in [2.75, 3.05) is 5.32 Å². The summed E-state index contributed by atoms with van der Waals surface area (Å²) in [7, 11) is 0. The minimum Gasteiger partial charge on any atom is -0.361 e. The first kappa shape index (κ1) is 10.0. The van der Waals surface area contributed by atoms with Crippen LogP contribution < -0.4 is 5.32 Å². The molecule has 0 amide bonds. The van der Waals surface area contributed by atoms with Crippen molar-refractivity contribution >= 4 is 17.2 Å².